The Kier molecular flexibility index (Phi) is 24.6. The van der Waals surface area contributed by atoms with Gasteiger partial charge in [0.25, 0.3) is 41.1 Å². The lowest BCUT2D eigenvalue weighted by atomic mass is 10.0. The van der Waals surface area contributed by atoms with Crippen molar-refractivity contribution >= 4 is 81.1 Å². The van der Waals surface area contributed by atoms with E-state index in [4.69, 9.17) is 28.4 Å². The van der Waals surface area contributed by atoms with E-state index in [1.165, 1.54) is 48.2 Å². The minimum absolute atomic E-state index is 0.0113. The smallest absolute Gasteiger partial charge is 0.295 e. The van der Waals surface area contributed by atoms with E-state index < -0.39 is 23.4 Å². The summed E-state index contributed by atoms with van der Waals surface area (Å²) in [5.74, 6) is -1.88. The van der Waals surface area contributed by atoms with Crippen LogP contribution in [-0.2, 0) is 62.3 Å². The summed E-state index contributed by atoms with van der Waals surface area (Å²) in [5, 5.41) is 6.51. The SMILES string of the molecule is COc1ncc(OCCOCCNc2ccc(C(=O)N3CCC3=O)cc2)c2c1CC=C2C(=O)C(=O)N1CCN(C(=O)c2ccccc2)CC1.COc1ncc(OCCOCCNc2ccc(CCC(=O)CC(C)=O)cc2)c2c1CC=C2C(=O)C(=O)N1CCN(C(=O)c2ccccc2)CC1. The predicted molar refractivity (Wildman–Crippen MR) is 365 cm³/mol. The van der Waals surface area contributed by atoms with Gasteiger partial charge in [-0.05, 0) is 92.4 Å². The van der Waals surface area contributed by atoms with Gasteiger partial charge < -0.3 is 58.7 Å². The van der Waals surface area contributed by atoms with Gasteiger partial charge >= 0.3 is 0 Å². The van der Waals surface area contributed by atoms with Gasteiger partial charge in [-0.2, -0.15) is 0 Å². The third kappa shape index (κ3) is 18.0. The minimum atomic E-state index is -0.645. The number of nitrogens with zero attached hydrogens (tertiary/aromatic N) is 7. The van der Waals surface area contributed by atoms with Gasteiger partial charge in [-0.3, -0.25) is 52.8 Å². The zero-order valence-electron chi connectivity index (χ0n) is 55.6. The molecule has 0 radical (unpaired) electrons. The van der Waals surface area contributed by atoms with E-state index >= 15 is 0 Å². The van der Waals surface area contributed by atoms with Crippen LogP contribution in [0.5, 0.6) is 23.3 Å². The van der Waals surface area contributed by atoms with Crippen molar-refractivity contribution in [3.8, 4) is 23.3 Å². The third-order valence-electron chi connectivity index (χ3n) is 17.2. The first-order valence-corrected chi connectivity index (χ1v) is 32.9. The van der Waals surface area contributed by atoms with Gasteiger partial charge in [-0.1, -0.05) is 60.7 Å². The molecule has 2 aromatic heterocycles. The number of rotatable bonds is 30. The maximum atomic E-state index is 13.6. The minimum Gasteiger partial charge on any atom is -0.489 e. The number of amides is 6. The molecular weight excluding hydrogens is 1270 g/mol. The molecule has 4 aromatic carbocycles. The number of Topliss-reactive ketones (excluding diaryl/α,β-unsaturated/α-hetero) is 4. The Labute approximate surface area is 573 Å². The van der Waals surface area contributed by atoms with E-state index in [0.29, 0.717) is 153 Å². The summed E-state index contributed by atoms with van der Waals surface area (Å²) in [6, 6.07) is 32.7. The number of carbonyl (C=O) groups excluding carboxylic acids is 10. The first kappa shape index (κ1) is 70.9. The number of hydrogen-bond acceptors (Lipinski definition) is 20. The fourth-order valence-corrected chi connectivity index (χ4v) is 11.9. The number of aromatic nitrogens is 2. The van der Waals surface area contributed by atoms with Gasteiger partial charge in [-0.15, -0.1) is 0 Å². The highest BCUT2D eigenvalue weighted by Gasteiger charge is 2.38. The van der Waals surface area contributed by atoms with Crippen LogP contribution < -0.4 is 29.6 Å². The Morgan fingerprint density at radius 1 is 0.485 bits per heavy atom. The molecule has 6 aromatic rings. The fraction of sp³-hybridized carbons (Fsp3) is 0.351. The summed E-state index contributed by atoms with van der Waals surface area (Å²) < 4.78 is 34.3. The Bertz CT molecular complexity index is 4020. The van der Waals surface area contributed by atoms with Crippen LogP contribution in [0.15, 0.2) is 134 Å². The number of hydrogen-bond donors (Lipinski definition) is 2. The van der Waals surface area contributed by atoms with E-state index in [0.717, 1.165) is 16.9 Å². The average molecular weight is 1350 g/mol. The molecule has 2 aliphatic carbocycles. The molecule has 3 fully saturated rings. The molecule has 6 amide bonds. The molecule has 516 valence electrons. The van der Waals surface area contributed by atoms with Crippen LogP contribution >= 0.6 is 0 Å². The zero-order chi connectivity index (χ0) is 69.8. The molecule has 5 aliphatic rings. The molecule has 25 heteroatoms. The standard InChI is InChI=1S/C38H42N4O8.C36H37N5O8/c1-26(43)24-30(44)13-10-27-8-11-29(12-9-27)39-16-21-49-22-23-50-33-25-40-36(48-2)32-15-14-31(34(32)33)35(45)38(47)42-19-17-41(18-20-42)37(46)28-6-4-3-5-7-28;1-47-33-28-12-11-27(32(43)36(46)40-18-16-39(17-19-40)34(44)24-5-3-2-4-6-24)31(28)29(23-38-33)49-22-21-48-20-14-37-26-9-7-25(8-10-26)35(45)41-15-13-30(41)42/h3-9,11-12,14,25,39H,10,13,15-24H2,1-2H3;2-11,23,37H,12-22H2,1H3. The number of anilines is 2. The highest BCUT2D eigenvalue weighted by Crippen LogP contribution is 2.41. The normalized spacial score (nSPS) is 14.5. The number of benzene rings is 4. The number of piperazine rings is 2. The van der Waals surface area contributed by atoms with Crippen molar-refractivity contribution in [3.05, 3.63) is 178 Å². The van der Waals surface area contributed by atoms with Crippen molar-refractivity contribution < 1.29 is 76.4 Å². The van der Waals surface area contributed by atoms with E-state index in [2.05, 4.69) is 20.6 Å². The molecule has 0 spiro atoms. The summed E-state index contributed by atoms with van der Waals surface area (Å²) in [5.41, 5.74) is 7.24. The Morgan fingerprint density at radius 3 is 1.31 bits per heavy atom. The van der Waals surface area contributed by atoms with Crippen molar-refractivity contribution in [2.45, 2.75) is 45.4 Å². The highest BCUT2D eigenvalue weighted by atomic mass is 16.5. The van der Waals surface area contributed by atoms with E-state index in [1.807, 2.05) is 60.7 Å². The van der Waals surface area contributed by atoms with Crippen LogP contribution in [0.25, 0.3) is 11.1 Å². The molecule has 0 saturated carbocycles. The second-order valence-corrected chi connectivity index (χ2v) is 23.7. The molecule has 3 aliphatic heterocycles. The molecule has 0 unspecified atom stereocenters. The van der Waals surface area contributed by atoms with Gasteiger partial charge in [0.15, 0.2) is 0 Å². The van der Waals surface area contributed by atoms with E-state index in [1.54, 1.807) is 70.5 Å². The molecule has 0 atom stereocenters. The number of β-lactam (4-membered cyclic amide) rings is 1. The molecule has 25 nitrogen and oxygen atoms in total. The number of aryl methyl sites for hydroxylation is 1. The summed E-state index contributed by atoms with van der Waals surface area (Å²) in [6.07, 6.45) is 8.47. The van der Waals surface area contributed by atoms with Gasteiger partial charge in [0.05, 0.1) is 59.5 Å². The second kappa shape index (κ2) is 34.3. The first-order chi connectivity index (χ1) is 48.1. The largest absolute Gasteiger partial charge is 0.489 e. The Hall–Kier alpha value is -10.9. The van der Waals surface area contributed by atoms with Crippen molar-refractivity contribution in [3.63, 3.8) is 0 Å². The molecule has 3 saturated heterocycles. The molecular formula is C74H79N9O16. The van der Waals surface area contributed by atoms with Crippen molar-refractivity contribution in [2.75, 3.05) is 136 Å². The number of ether oxygens (including phenoxy) is 6. The summed E-state index contributed by atoms with van der Waals surface area (Å²) in [6.45, 7) is 7.05. The molecule has 11 rings (SSSR count). The lowest BCUT2D eigenvalue weighted by Gasteiger charge is -2.34. The molecule has 2 N–H and O–H groups in total. The number of imide groups is 1. The number of likely N-dealkylation sites (tertiary alicyclic amines) is 1. The Balaban J connectivity index is 0.000000214. The van der Waals surface area contributed by atoms with Gasteiger partial charge in [0.1, 0.15) is 36.3 Å². The number of methoxy groups -OCH3 is 2. The summed E-state index contributed by atoms with van der Waals surface area (Å²) >= 11 is 0. The van der Waals surface area contributed by atoms with Gasteiger partial charge in [-0.25, -0.2) is 9.97 Å². The van der Waals surface area contributed by atoms with Crippen LogP contribution in [-0.4, -0.2) is 219 Å². The fourth-order valence-electron chi connectivity index (χ4n) is 11.9. The maximum Gasteiger partial charge on any atom is 0.295 e. The van der Waals surface area contributed by atoms with E-state index in [9.17, 15) is 47.9 Å². The molecule has 5 heterocycles. The number of carbonyl (C=O) groups is 10. The summed E-state index contributed by atoms with van der Waals surface area (Å²) in [4.78, 5) is 142. The topological polar surface area (TPSA) is 292 Å². The number of allylic oxidation sites excluding steroid dienone is 2. The average Bonchev–Trinajstić information content (AvgIpc) is 1.64. The molecule has 0 bridgehead atoms. The zero-order valence-corrected chi connectivity index (χ0v) is 55.6. The number of ketones is 4. The lowest BCUT2D eigenvalue weighted by Crippen LogP contribution is -2.52. The van der Waals surface area contributed by atoms with E-state index in [-0.39, 0.29) is 105 Å². The van der Waals surface area contributed by atoms with Crippen LogP contribution in [0.1, 0.15) is 85.1 Å². The van der Waals surface area contributed by atoms with Crippen LogP contribution in [0, 0.1) is 0 Å². The number of nitrogens with one attached hydrogen (secondary N) is 2. The van der Waals surface area contributed by atoms with Gasteiger partial charge in [0.2, 0.25) is 17.7 Å². The Morgan fingerprint density at radius 2 is 0.909 bits per heavy atom. The second-order valence-electron chi connectivity index (χ2n) is 23.7. The van der Waals surface area contributed by atoms with Crippen molar-refractivity contribution in [1.82, 2.24) is 34.5 Å². The van der Waals surface area contributed by atoms with Crippen molar-refractivity contribution in [2.24, 2.45) is 0 Å². The maximum absolute atomic E-state index is 13.6. The highest BCUT2D eigenvalue weighted by molar-refractivity contribution is 6.54. The quantitative estimate of drug-likeness (QED) is 0.0171. The van der Waals surface area contributed by atoms with Crippen LogP contribution in [0.3, 0.4) is 0 Å². The lowest BCUT2D eigenvalue weighted by molar-refractivity contribution is -0.142. The number of pyridine rings is 2. The monoisotopic (exact) mass is 1350 g/mol. The van der Waals surface area contributed by atoms with Crippen molar-refractivity contribution in [1.29, 1.82) is 0 Å². The predicted octanol–water partition coefficient (Wildman–Crippen LogP) is 6.04. The van der Waals surface area contributed by atoms with Gasteiger partial charge in [0, 0.05) is 146 Å². The third-order valence-corrected chi connectivity index (χ3v) is 17.2. The van der Waals surface area contributed by atoms with Crippen LogP contribution in [0.4, 0.5) is 11.4 Å². The van der Waals surface area contributed by atoms with Crippen LogP contribution in [0.2, 0.25) is 0 Å². The number of fused-ring (bicyclic) bond motifs is 2. The first-order valence-electron chi connectivity index (χ1n) is 32.9. The molecule has 99 heavy (non-hydrogen) atoms. The summed E-state index contributed by atoms with van der Waals surface area (Å²) in [7, 11) is 3.00.